The summed E-state index contributed by atoms with van der Waals surface area (Å²) in [6, 6.07) is 14.9. The number of aliphatic carboxylic acids is 1. The zero-order valence-corrected chi connectivity index (χ0v) is 20.2. The van der Waals surface area contributed by atoms with Gasteiger partial charge in [0.1, 0.15) is 12.6 Å². The SMILES string of the molecule is COC(C)(CCNC(=O)C(CCC(=O)O)NC(=O)OCC1c2ccccc2-c2ccccc21)OC. The smallest absolute Gasteiger partial charge is 0.407 e. The van der Waals surface area contributed by atoms with Gasteiger partial charge < -0.3 is 30.0 Å². The van der Waals surface area contributed by atoms with Crippen molar-refractivity contribution in [3.8, 4) is 11.1 Å². The standard InChI is InChI=1S/C26H32N2O7/c1-26(33-2,34-3)14-15-27-24(31)22(12-13-23(29)30)28-25(32)35-16-21-19-10-6-4-8-17(19)18-9-5-7-11-20(18)21/h4-11,21-22H,12-16H2,1-3H3,(H,27,31)(H,28,32)(H,29,30). The number of hydrogen-bond acceptors (Lipinski definition) is 6. The average molecular weight is 485 g/mol. The van der Waals surface area contributed by atoms with Crippen LogP contribution in [0.1, 0.15) is 43.2 Å². The van der Waals surface area contributed by atoms with Crippen LogP contribution in [0.4, 0.5) is 4.79 Å². The van der Waals surface area contributed by atoms with Crippen molar-refractivity contribution in [3.05, 3.63) is 59.7 Å². The van der Waals surface area contributed by atoms with Crippen molar-refractivity contribution in [2.45, 2.75) is 43.9 Å². The number of carbonyl (C=O) groups is 3. The molecule has 1 aliphatic rings. The van der Waals surface area contributed by atoms with Crippen molar-refractivity contribution in [2.75, 3.05) is 27.4 Å². The third-order valence-corrected chi connectivity index (χ3v) is 6.34. The molecule has 0 aliphatic heterocycles. The van der Waals surface area contributed by atoms with Crippen LogP contribution in [0.15, 0.2) is 48.5 Å². The average Bonchev–Trinajstić information content (AvgIpc) is 3.18. The van der Waals surface area contributed by atoms with Crippen LogP contribution in [0.5, 0.6) is 0 Å². The van der Waals surface area contributed by atoms with Gasteiger partial charge in [-0.15, -0.1) is 0 Å². The Kier molecular flexibility index (Phi) is 8.84. The lowest BCUT2D eigenvalue weighted by atomic mass is 9.98. The molecule has 188 valence electrons. The predicted molar refractivity (Wildman–Crippen MR) is 129 cm³/mol. The molecule has 0 bridgehead atoms. The molecule has 2 aromatic carbocycles. The zero-order chi connectivity index (χ0) is 25.4. The first-order chi connectivity index (χ1) is 16.8. The molecule has 0 heterocycles. The van der Waals surface area contributed by atoms with Crippen LogP contribution in [0.2, 0.25) is 0 Å². The molecule has 3 rings (SSSR count). The summed E-state index contributed by atoms with van der Waals surface area (Å²) in [6.45, 7) is 2.04. The van der Waals surface area contributed by atoms with Gasteiger partial charge in [-0.2, -0.15) is 0 Å². The largest absolute Gasteiger partial charge is 0.481 e. The van der Waals surface area contributed by atoms with Gasteiger partial charge in [0.15, 0.2) is 5.79 Å². The quantitative estimate of drug-likeness (QED) is 0.395. The number of hydrogen-bond donors (Lipinski definition) is 3. The van der Waals surface area contributed by atoms with Gasteiger partial charge in [-0.3, -0.25) is 9.59 Å². The van der Waals surface area contributed by atoms with Gasteiger partial charge in [-0.1, -0.05) is 48.5 Å². The third-order valence-electron chi connectivity index (χ3n) is 6.34. The Hall–Kier alpha value is -3.43. The lowest BCUT2D eigenvalue weighted by Crippen LogP contribution is -2.48. The van der Waals surface area contributed by atoms with Gasteiger partial charge in [0.25, 0.3) is 0 Å². The number of alkyl carbamates (subject to hydrolysis) is 1. The number of ether oxygens (including phenoxy) is 3. The van der Waals surface area contributed by atoms with Crippen molar-refractivity contribution >= 4 is 18.0 Å². The van der Waals surface area contributed by atoms with E-state index in [0.29, 0.717) is 6.42 Å². The Morgan fingerprint density at radius 2 is 1.57 bits per heavy atom. The van der Waals surface area contributed by atoms with E-state index in [1.54, 1.807) is 6.92 Å². The summed E-state index contributed by atoms with van der Waals surface area (Å²) >= 11 is 0. The van der Waals surface area contributed by atoms with Crippen molar-refractivity contribution in [3.63, 3.8) is 0 Å². The molecule has 0 saturated heterocycles. The Labute approximate surface area is 204 Å². The zero-order valence-electron chi connectivity index (χ0n) is 20.2. The van der Waals surface area contributed by atoms with Crippen LogP contribution < -0.4 is 10.6 Å². The molecule has 0 aromatic heterocycles. The van der Waals surface area contributed by atoms with Crippen LogP contribution in [0, 0.1) is 0 Å². The molecular formula is C26H32N2O7. The van der Waals surface area contributed by atoms with Gasteiger partial charge in [0.2, 0.25) is 5.91 Å². The maximum atomic E-state index is 12.7. The van der Waals surface area contributed by atoms with Crippen LogP contribution in [0.3, 0.4) is 0 Å². The molecule has 35 heavy (non-hydrogen) atoms. The molecule has 2 amide bonds. The molecule has 2 aromatic rings. The number of nitrogens with one attached hydrogen (secondary N) is 2. The van der Waals surface area contributed by atoms with Crippen molar-refractivity contribution in [1.29, 1.82) is 0 Å². The van der Waals surface area contributed by atoms with Crippen molar-refractivity contribution < 1.29 is 33.7 Å². The molecule has 1 atom stereocenters. The minimum atomic E-state index is -1.07. The highest BCUT2D eigenvalue weighted by atomic mass is 16.7. The molecule has 1 aliphatic carbocycles. The van der Waals surface area contributed by atoms with Gasteiger partial charge >= 0.3 is 12.1 Å². The molecule has 0 fully saturated rings. The highest BCUT2D eigenvalue weighted by Crippen LogP contribution is 2.44. The topological polar surface area (TPSA) is 123 Å². The highest BCUT2D eigenvalue weighted by Gasteiger charge is 2.30. The monoisotopic (exact) mass is 484 g/mol. The van der Waals surface area contributed by atoms with Gasteiger partial charge in [0.05, 0.1) is 0 Å². The van der Waals surface area contributed by atoms with E-state index >= 15 is 0 Å². The molecule has 9 nitrogen and oxygen atoms in total. The third kappa shape index (κ3) is 6.58. The van der Waals surface area contributed by atoms with Crippen molar-refractivity contribution in [1.82, 2.24) is 10.6 Å². The Bertz CT molecular complexity index is 1010. The molecule has 0 radical (unpaired) electrons. The van der Waals surface area contributed by atoms with E-state index in [1.807, 2.05) is 48.5 Å². The highest BCUT2D eigenvalue weighted by molar-refractivity contribution is 5.86. The second-order valence-corrected chi connectivity index (χ2v) is 8.54. The first-order valence-corrected chi connectivity index (χ1v) is 11.5. The Morgan fingerprint density at radius 1 is 1.00 bits per heavy atom. The maximum absolute atomic E-state index is 12.7. The van der Waals surface area contributed by atoms with E-state index in [9.17, 15) is 14.4 Å². The number of amides is 2. The summed E-state index contributed by atoms with van der Waals surface area (Å²) in [7, 11) is 3.00. The van der Waals surface area contributed by atoms with Crippen LogP contribution >= 0.6 is 0 Å². The number of carboxylic acid groups (broad SMARTS) is 1. The van der Waals surface area contributed by atoms with Crippen molar-refractivity contribution in [2.24, 2.45) is 0 Å². The second-order valence-electron chi connectivity index (χ2n) is 8.54. The molecule has 0 saturated carbocycles. The predicted octanol–water partition coefficient (Wildman–Crippen LogP) is 3.27. The number of fused-ring (bicyclic) bond motifs is 3. The van der Waals surface area contributed by atoms with E-state index in [4.69, 9.17) is 19.3 Å². The number of carbonyl (C=O) groups excluding carboxylic acids is 2. The van der Waals surface area contributed by atoms with Gasteiger partial charge in [-0.25, -0.2) is 4.79 Å². The molecule has 9 heteroatoms. The molecular weight excluding hydrogens is 452 g/mol. The second kappa shape index (κ2) is 11.8. The summed E-state index contributed by atoms with van der Waals surface area (Å²) in [5.41, 5.74) is 4.35. The lowest BCUT2D eigenvalue weighted by Gasteiger charge is -2.26. The van der Waals surface area contributed by atoms with E-state index in [2.05, 4.69) is 10.6 Å². The molecule has 3 N–H and O–H groups in total. The Morgan fingerprint density at radius 3 is 2.11 bits per heavy atom. The maximum Gasteiger partial charge on any atom is 0.407 e. The van der Waals surface area contributed by atoms with E-state index in [-0.39, 0.29) is 31.9 Å². The fourth-order valence-electron chi connectivity index (χ4n) is 4.14. The molecule has 0 spiro atoms. The van der Waals surface area contributed by atoms with E-state index < -0.39 is 29.8 Å². The minimum Gasteiger partial charge on any atom is -0.481 e. The number of carboxylic acids is 1. The first-order valence-electron chi connectivity index (χ1n) is 11.5. The van der Waals surface area contributed by atoms with Crippen LogP contribution in [-0.2, 0) is 23.8 Å². The summed E-state index contributed by atoms with van der Waals surface area (Å²) in [5, 5.41) is 14.3. The first kappa shape index (κ1) is 26.2. The van der Waals surface area contributed by atoms with Gasteiger partial charge in [-0.05, 0) is 35.6 Å². The fourth-order valence-corrected chi connectivity index (χ4v) is 4.14. The summed E-state index contributed by atoms with van der Waals surface area (Å²) in [4.78, 5) is 36.4. The van der Waals surface area contributed by atoms with Crippen LogP contribution in [0.25, 0.3) is 11.1 Å². The lowest BCUT2D eigenvalue weighted by molar-refractivity contribution is -0.196. The van der Waals surface area contributed by atoms with E-state index in [0.717, 1.165) is 22.3 Å². The molecule has 1 unspecified atom stereocenters. The number of rotatable bonds is 12. The van der Waals surface area contributed by atoms with E-state index in [1.165, 1.54) is 14.2 Å². The summed E-state index contributed by atoms with van der Waals surface area (Å²) in [6.07, 6.45) is -0.772. The minimum absolute atomic E-state index is 0.0722. The normalized spacial score (nSPS) is 13.5. The summed E-state index contributed by atoms with van der Waals surface area (Å²) in [5.74, 6) is -2.57. The number of methoxy groups -OCH3 is 2. The summed E-state index contributed by atoms with van der Waals surface area (Å²) < 4.78 is 16.0. The Balaban J connectivity index is 1.60. The van der Waals surface area contributed by atoms with Crippen LogP contribution in [-0.4, -0.2) is 62.3 Å². The number of benzene rings is 2. The fraction of sp³-hybridized carbons (Fsp3) is 0.423. The van der Waals surface area contributed by atoms with Gasteiger partial charge in [0, 0.05) is 39.5 Å².